The Kier molecular flexibility index (Phi) is 4.14. The van der Waals surface area contributed by atoms with Gasteiger partial charge in [0, 0.05) is 18.8 Å². The third-order valence-electron chi connectivity index (χ3n) is 2.72. The van der Waals surface area contributed by atoms with E-state index in [1.807, 2.05) is 0 Å². The number of halogens is 2. The molecule has 0 fully saturated rings. The van der Waals surface area contributed by atoms with E-state index in [9.17, 15) is 18.7 Å². The summed E-state index contributed by atoms with van der Waals surface area (Å²) in [4.78, 5) is 18.4. The zero-order valence-corrected chi connectivity index (χ0v) is 10.7. The maximum absolute atomic E-state index is 13.8. The number of aliphatic hydroxyl groups excluding tert-OH is 1. The van der Waals surface area contributed by atoms with Gasteiger partial charge in [0.15, 0.2) is 23.7 Å². The third kappa shape index (κ3) is 2.85. The van der Waals surface area contributed by atoms with Crippen molar-refractivity contribution < 1.29 is 18.7 Å². The minimum Gasteiger partial charge on any atom is -0.393 e. The molecule has 0 aliphatic rings. The molecule has 0 radical (unpaired) electrons. The van der Waals surface area contributed by atoms with Crippen LogP contribution in [-0.2, 0) is 6.42 Å². The molecular formula is C14H12F2N2O2. The highest BCUT2D eigenvalue weighted by molar-refractivity contribution is 5.77. The van der Waals surface area contributed by atoms with E-state index in [-0.39, 0.29) is 23.2 Å². The Balaban J connectivity index is 2.37. The summed E-state index contributed by atoms with van der Waals surface area (Å²) in [5.41, 5.74) is 0.225. The van der Waals surface area contributed by atoms with Crippen LogP contribution < -0.4 is 0 Å². The molecule has 1 N–H and O–H groups in total. The first kappa shape index (κ1) is 14.2. The molecule has 1 heterocycles. The summed E-state index contributed by atoms with van der Waals surface area (Å²) in [5.74, 6) is -2.35. The molecule has 1 aromatic carbocycles. The Morgan fingerprint density at radius 1 is 1.25 bits per heavy atom. The Bertz CT molecular complexity index is 628. The zero-order chi connectivity index (χ0) is 14.7. The second-order valence-corrected chi connectivity index (χ2v) is 4.42. The van der Waals surface area contributed by atoms with Crippen LogP contribution in [0, 0.1) is 11.6 Å². The first-order valence-corrected chi connectivity index (χ1v) is 5.95. The predicted molar refractivity (Wildman–Crippen MR) is 68.2 cm³/mol. The normalized spacial score (nSPS) is 12.2. The second kappa shape index (κ2) is 5.83. The molecule has 1 unspecified atom stereocenters. The van der Waals surface area contributed by atoms with Gasteiger partial charge in [-0.25, -0.2) is 18.7 Å². The average Bonchev–Trinajstić information content (AvgIpc) is 2.42. The molecule has 0 aliphatic heterocycles. The fourth-order valence-electron chi connectivity index (χ4n) is 1.77. The lowest BCUT2D eigenvalue weighted by atomic mass is 10.1. The lowest BCUT2D eigenvalue weighted by molar-refractivity contribution is 0.111. The standard InChI is InChI=1S/C14H12F2N2O2/c1-8(20)4-9-5-17-14(18-6-9)11-3-2-10(7-19)12(15)13(11)16/h2-3,5-8,20H,4H2,1H3. The van der Waals surface area contributed by atoms with Gasteiger partial charge in [-0.05, 0) is 24.6 Å². The van der Waals surface area contributed by atoms with Crippen molar-refractivity contribution in [3.63, 3.8) is 0 Å². The fraction of sp³-hybridized carbons (Fsp3) is 0.214. The van der Waals surface area contributed by atoms with Crippen molar-refractivity contribution in [2.45, 2.75) is 19.4 Å². The van der Waals surface area contributed by atoms with Crippen molar-refractivity contribution in [1.82, 2.24) is 9.97 Å². The highest BCUT2D eigenvalue weighted by Gasteiger charge is 2.16. The number of aromatic nitrogens is 2. The number of aliphatic hydroxyl groups is 1. The fourth-order valence-corrected chi connectivity index (χ4v) is 1.77. The molecule has 20 heavy (non-hydrogen) atoms. The van der Waals surface area contributed by atoms with Crippen molar-refractivity contribution in [3.8, 4) is 11.4 Å². The minimum atomic E-state index is -1.21. The molecule has 104 valence electrons. The summed E-state index contributed by atoms with van der Waals surface area (Å²) >= 11 is 0. The van der Waals surface area contributed by atoms with Crippen LogP contribution in [0.2, 0.25) is 0 Å². The van der Waals surface area contributed by atoms with E-state index in [4.69, 9.17) is 0 Å². The number of rotatable bonds is 4. The van der Waals surface area contributed by atoms with Gasteiger partial charge in [0.05, 0.1) is 17.2 Å². The Labute approximate surface area is 114 Å². The number of hydrogen-bond donors (Lipinski definition) is 1. The van der Waals surface area contributed by atoms with Crippen LogP contribution in [0.15, 0.2) is 24.5 Å². The van der Waals surface area contributed by atoms with E-state index >= 15 is 0 Å². The highest BCUT2D eigenvalue weighted by Crippen LogP contribution is 2.23. The molecule has 6 heteroatoms. The molecular weight excluding hydrogens is 266 g/mol. The number of nitrogens with zero attached hydrogens (tertiary/aromatic N) is 2. The summed E-state index contributed by atoms with van der Waals surface area (Å²) in [6, 6.07) is 2.43. The van der Waals surface area contributed by atoms with Crippen LogP contribution in [0.1, 0.15) is 22.8 Å². The Hall–Kier alpha value is -2.21. The van der Waals surface area contributed by atoms with Crippen LogP contribution in [-0.4, -0.2) is 27.5 Å². The van der Waals surface area contributed by atoms with Crippen LogP contribution in [0.25, 0.3) is 11.4 Å². The van der Waals surface area contributed by atoms with Gasteiger partial charge < -0.3 is 5.11 Å². The molecule has 0 saturated heterocycles. The van der Waals surface area contributed by atoms with Crippen molar-refractivity contribution in [1.29, 1.82) is 0 Å². The maximum atomic E-state index is 13.8. The molecule has 0 aliphatic carbocycles. The van der Waals surface area contributed by atoms with E-state index in [0.717, 1.165) is 0 Å². The molecule has 0 spiro atoms. The number of carbonyl (C=O) groups is 1. The first-order valence-electron chi connectivity index (χ1n) is 5.95. The first-order chi connectivity index (χ1) is 9.52. The van der Waals surface area contributed by atoms with Crippen LogP contribution >= 0.6 is 0 Å². The molecule has 1 aromatic heterocycles. The molecule has 0 saturated carbocycles. The molecule has 0 amide bonds. The lowest BCUT2D eigenvalue weighted by Crippen LogP contribution is -2.05. The van der Waals surface area contributed by atoms with Crippen LogP contribution in [0.3, 0.4) is 0 Å². The molecule has 4 nitrogen and oxygen atoms in total. The molecule has 2 aromatic rings. The summed E-state index contributed by atoms with van der Waals surface area (Å²) < 4.78 is 27.3. The smallest absolute Gasteiger partial charge is 0.170 e. The van der Waals surface area contributed by atoms with E-state index in [0.29, 0.717) is 12.0 Å². The van der Waals surface area contributed by atoms with Gasteiger partial charge in [0.1, 0.15) is 0 Å². The van der Waals surface area contributed by atoms with Gasteiger partial charge in [-0.1, -0.05) is 0 Å². The van der Waals surface area contributed by atoms with Crippen LogP contribution in [0.4, 0.5) is 8.78 Å². The summed E-state index contributed by atoms with van der Waals surface area (Å²) in [7, 11) is 0. The van der Waals surface area contributed by atoms with E-state index in [1.54, 1.807) is 6.92 Å². The summed E-state index contributed by atoms with van der Waals surface area (Å²) in [5, 5.41) is 9.23. The van der Waals surface area contributed by atoms with E-state index in [2.05, 4.69) is 9.97 Å². The third-order valence-corrected chi connectivity index (χ3v) is 2.72. The molecule has 2 rings (SSSR count). The van der Waals surface area contributed by atoms with Gasteiger partial charge in [-0.15, -0.1) is 0 Å². The van der Waals surface area contributed by atoms with Gasteiger partial charge in [-0.3, -0.25) is 4.79 Å². The number of aldehydes is 1. The highest BCUT2D eigenvalue weighted by atomic mass is 19.2. The van der Waals surface area contributed by atoms with Gasteiger partial charge in [0.2, 0.25) is 0 Å². The van der Waals surface area contributed by atoms with E-state index < -0.39 is 17.7 Å². The van der Waals surface area contributed by atoms with Gasteiger partial charge in [0.25, 0.3) is 0 Å². The molecule has 1 atom stereocenters. The zero-order valence-electron chi connectivity index (χ0n) is 10.7. The topological polar surface area (TPSA) is 63.1 Å². The van der Waals surface area contributed by atoms with Gasteiger partial charge in [-0.2, -0.15) is 0 Å². The largest absolute Gasteiger partial charge is 0.393 e. The van der Waals surface area contributed by atoms with Crippen molar-refractivity contribution in [2.24, 2.45) is 0 Å². The lowest BCUT2D eigenvalue weighted by Gasteiger charge is -2.06. The van der Waals surface area contributed by atoms with Crippen molar-refractivity contribution in [2.75, 3.05) is 0 Å². The summed E-state index contributed by atoms with van der Waals surface area (Å²) in [6.07, 6.45) is 2.97. The number of carbonyl (C=O) groups excluding carboxylic acids is 1. The van der Waals surface area contributed by atoms with Crippen molar-refractivity contribution >= 4 is 6.29 Å². The maximum Gasteiger partial charge on any atom is 0.170 e. The quantitative estimate of drug-likeness (QED) is 0.870. The second-order valence-electron chi connectivity index (χ2n) is 4.42. The number of benzene rings is 1. The predicted octanol–water partition coefficient (Wildman–Crippen LogP) is 2.16. The molecule has 0 bridgehead atoms. The van der Waals surface area contributed by atoms with Crippen molar-refractivity contribution in [3.05, 3.63) is 47.3 Å². The average molecular weight is 278 g/mol. The monoisotopic (exact) mass is 278 g/mol. The number of hydrogen-bond acceptors (Lipinski definition) is 4. The minimum absolute atomic E-state index is 0.0215. The van der Waals surface area contributed by atoms with Gasteiger partial charge >= 0.3 is 0 Å². The summed E-state index contributed by atoms with van der Waals surface area (Å²) in [6.45, 7) is 1.63. The van der Waals surface area contributed by atoms with E-state index in [1.165, 1.54) is 24.5 Å². The van der Waals surface area contributed by atoms with Crippen LogP contribution in [0.5, 0.6) is 0 Å². The SMILES string of the molecule is CC(O)Cc1cnc(-c2ccc(C=O)c(F)c2F)nc1. The Morgan fingerprint density at radius 3 is 2.45 bits per heavy atom. The Morgan fingerprint density at radius 2 is 1.90 bits per heavy atom.